The van der Waals surface area contributed by atoms with Crippen molar-refractivity contribution in [1.82, 2.24) is 24.8 Å². The molecule has 4 heterocycles. The molecule has 1 aliphatic rings. The van der Waals surface area contributed by atoms with Crippen LogP contribution in [0.5, 0.6) is 11.5 Å². The number of aromatic nitrogens is 5. The van der Waals surface area contributed by atoms with Crippen molar-refractivity contribution in [2.45, 2.75) is 6.92 Å². The fraction of sp³-hybridized carbons (Fsp3) is 0.111. The van der Waals surface area contributed by atoms with Crippen molar-refractivity contribution >= 4 is 22.9 Å². The van der Waals surface area contributed by atoms with E-state index in [1.54, 1.807) is 28.9 Å². The van der Waals surface area contributed by atoms with Gasteiger partial charge in [-0.05, 0) is 37.3 Å². The number of nitrogens with zero attached hydrogens (tertiary/aromatic N) is 4. The number of H-pyrrole nitrogens is 1. The molecule has 2 N–H and O–H groups in total. The van der Waals surface area contributed by atoms with E-state index in [1.807, 2.05) is 25.1 Å². The third kappa shape index (κ3) is 2.65. The van der Waals surface area contributed by atoms with Crippen LogP contribution in [0, 0.1) is 6.92 Å². The van der Waals surface area contributed by atoms with Crippen LogP contribution >= 0.6 is 0 Å². The number of rotatable bonds is 4. The Hall–Kier alpha value is -3.88. The molecule has 0 saturated carbocycles. The number of carbonyl (C=O) groups excluding carboxylic acids is 1. The molecule has 0 atom stereocenters. The van der Waals surface area contributed by atoms with Crippen molar-refractivity contribution in [3.8, 4) is 11.5 Å². The normalized spacial score (nSPS) is 12.5. The molecule has 0 fully saturated rings. The largest absolute Gasteiger partial charge is 0.454 e. The van der Waals surface area contributed by atoms with Crippen LogP contribution in [-0.4, -0.2) is 37.4 Å². The van der Waals surface area contributed by atoms with Gasteiger partial charge in [-0.2, -0.15) is 5.10 Å². The Bertz CT molecular complexity index is 1180. The van der Waals surface area contributed by atoms with E-state index >= 15 is 0 Å². The summed E-state index contributed by atoms with van der Waals surface area (Å²) < 4.78 is 12.2. The molecule has 9 heteroatoms. The van der Waals surface area contributed by atoms with Crippen LogP contribution < -0.4 is 14.8 Å². The first kappa shape index (κ1) is 15.4. The second-order valence-electron chi connectivity index (χ2n) is 6.08. The van der Waals surface area contributed by atoms with Crippen LogP contribution in [0.4, 0.5) is 11.6 Å². The zero-order valence-electron chi connectivity index (χ0n) is 14.3. The molecular formula is C18H14N6O3. The number of hydrogen-bond donors (Lipinski definition) is 2. The molecule has 5 rings (SSSR count). The van der Waals surface area contributed by atoms with Crippen LogP contribution in [0.25, 0.3) is 5.52 Å². The maximum Gasteiger partial charge on any atom is 0.232 e. The lowest BCUT2D eigenvalue weighted by Gasteiger charge is -2.08. The second kappa shape index (κ2) is 5.84. The standard InChI is InChI=1S/C18H14N6O3/c1-10-7-15(22-21-10)19-17-12-3-2-6-24(12)23-18(20-17)16(25)11-4-5-13-14(8-11)27-9-26-13/h2-8H,9H2,1H3,(H2,19,20,21,22,23). The molecule has 0 bridgehead atoms. The highest BCUT2D eigenvalue weighted by molar-refractivity contribution is 6.07. The summed E-state index contributed by atoms with van der Waals surface area (Å²) in [5, 5.41) is 14.5. The number of anilines is 2. The molecule has 0 unspecified atom stereocenters. The van der Waals surface area contributed by atoms with Crippen molar-refractivity contribution in [3.05, 3.63) is 59.7 Å². The highest BCUT2D eigenvalue weighted by Gasteiger charge is 2.20. The zero-order chi connectivity index (χ0) is 18.4. The maximum absolute atomic E-state index is 12.9. The van der Waals surface area contributed by atoms with Crippen LogP contribution in [0.15, 0.2) is 42.6 Å². The van der Waals surface area contributed by atoms with Crippen molar-refractivity contribution in [2.24, 2.45) is 0 Å². The van der Waals surface area contributed by atoms with E-state index in [0.717, 1.165) is 11.2 Å². The minimum atomic E-state index is -0.315. The van der Waals surface area contributed by atoms with Gasteiger partial charge >= 0.3 is 0 Å². The second-order valence-corrected chi connectivity index (χ2v) is 6.08. The Morgan fingerprint density at radius 2 is 2.11 bits per heavy atom. The zero-order valence-corrected chi connectivity index (χ0v) is 14.3. The molecule has 4 aromatic rings. The van der Waals surface area contributed by atoms with E-state index in [0.29, 0.717) is 28.7 Å². The quantitative estimate of drug-likeness (QED) is 0.537. The molecule has 1 aliphatic heterocycles. The summed E-state index contributed by atoms with van der Waals surface area (Å²) in [4.78, 5) is 17.4. The van der Waals surface area contributed by atoms with Gasteiger partial charge in [0.25, 0.3) is 0 Å². The molecule has 0 amide bonds. The Morgan fingerprint density at radius 3 is 2.96 bits per heavy atom. The molecule has 0 radical (unpaired) electrons. The Labute approximate surface area is 152 Å². The van der Waals surface area contributed by atoms with Crippen molar-refractivity contribution < 1.29 is 14.3 Å². The molecule has 1 aromatic carbocycles. The average molecular weight is 362 g/mol. The minimum absolute atomic E-state index is 0.0623. The first-order valence-corrected chi connectivity index (χ1v) is 8.26. The number of ketones is 1. The van der Waals surface area contributed by atoms with Gasteiger partial charge in [-0.25, -0.2) is 9.50 Å². The summed E-state index contributed by atoms with van der Waals surface area (Å²) in [6, 6.07) is 10.5. The number of aryl methyl sites for hydroxylation is 1. The summed E-state index contributed by atoms with van der Waals surface area (Å²) in [6.45, 7) is 2.05. The van der Waals surface area contributed by atoms with Gasteiger partial charge in [0, 0.05) is 23.5 Å². The Morgan fingerprint density at radius 1 is 1.22 bits per heavy atom. The molecule has 3 aromatic heterocycles. The molecule has 27 heavy (non-hydrogen) atoms. The van der Waals surface area contributed by atoms with Gasteiger partial charge in [-0.3, -0.25) is 9.89 Å². The number of fused-ring (bicyclic) bond motifs is 2. The van der Waals surface area contributed by atoms with Gasteiger partial charge in [0.1, 0.15) is 5.52 Å². The molecule has 0 saturated heterocycles. The minimum Gasteiger partial charge on any atom is -0.454 e. The van der Waals surface area contributed by atoms with E-state index in [-0.39, 0.29) is 18.4 Å². The van der Waals surface area contributed by atoms with Crippen molar-refractivity contribution in [3.63, 3.8) is 0 Å². The highest BCUT2D eigenvalue weighted by atomic mass is 16.7. The smallest absolute Gasteiger partial charge is 0.232 e. The third-order valence-corrected chi connectivity index (χ3v) is 4.18. The van der Waals surface area contributed by atoms with E-state index in [4.69, 9.17) is 9.47 Å². The lowest BCUT2D eigenvalue weighted by molar-refractivity contribution is 0.102. The van der Waals surface area contributed by atoms with Crippen LogP contribution in [0.2, 0.25) is 0 Å². The van der Waals surface area contributed by atoms with Crippen LogP contribution in [-0.2, 0) is 0 Å². The Kier molecular flexibility index (Phi) is 3.32. The lowest BCUT2D eigenvalue weighted by Crippen LogP contribution is -2.12. The SMILES string of the molecule is Cc1cc(Nc2nc(C(=O)c3ccc4c(c3)OCO4)nn3cccc23)n[nH]1. The molecule has 134 valence electrons. The summed E-state index contributed by atoms with van der Waals surface area (Å²) >= 11 is 0. The van der Waals surface area contributed by atoms with E-state index < -0.39 is 0 Å². The molecule has 0 spiro atoms. The monoisotopic (exact) mass is 362 g/mol. The van der Waals surface area contributed by atoms with Crippen LogP contribution in [0.3, 0.4) is 0 Å². The number of aromatic amines is 1. The van der Waals surface area contributed by atoms with E-state index in [1.165, 1.54) is 0 Å². The first-order chi connectivity index (χ1) is 13.2. The average Bonchev–Trinajstić information content (AvgIpc) is 3.40. The van der Waals surface area contributed by atoms with Gasteiger partial charge in [0.15, 0.2) is 23.1 Å². The first-order valence-electron chi connectivity index (χ1n) is 8.26. The van der Waals surface area contributed by atoms with Crippen molar-refractivity contribution in [1.29, 1.82) is 0 Å². The fourth-order valence-electron chi connectivity index (χ4n) is 2.89. The van der Waals surface area contributed by atoms with Gasteiger partial charge in [0.2, 0.25) is 18.4 Å². The summed E-state index contributed by atoms with van der Waals surface area (Å²) in [7, 11) is 0. The number of ether oxygens (including phenoxy) is 2. The van der Waals surface area contributed by atoms with E-state index in [9.17, 15) is 4.79 Å². The fourth-order valence-corrected chi connectivity index (χ4v) is 2.89. The summed E-state index contributed by atoms with van der Waals surface area (Å²) in [6.07, 6.45) is 1.76. The van der Waals surface area contributed by atoms with Gasteiger partial charge in [-0.15, -0.1) is 5.10 Å². The lowest BCUT2D eigenvalue weighted by atomic mass is 10.1. The van der Waals surface area contributed by atoms with Gasteiger partial charge in [0.05, 0.1) is 0 Å². The predicted molar refractivity (Wildman–Crippen MR) is 95.6 cm³/mol. The Balaban J connectivity index is 1.55. The van der Waals surface area contributed by atoms with Gasteiger partial charge in [-0.1, -0.05) is 0 Å². The highest BCUT2D eigenvalue weighted by Crippen LogP contribution is 2.33. The number of benzene rings is 1. The topological polar surface area (TPSA) is 106 Å². The van der Waals surface area contributed by atoms with E-state index in [2.05, 4.69) is 25.6 Å². The summed E-state index contributed by atoms with van der Waals surface area (Å²) in [5.41, 5.74) is 2.07. The number of nitrogens with one attached hydrogen (secondary N) is 2. The van der Waals surface area contributed by atoms with Crippen LogP contribution in [0.1, 0.15) is 21.9 Å². The number of carbonyl (C=O) groups is 1. The predicted octanol–water partition coefficient (Wildman–Crippen LogP) is 2.46. The summed E-state index contributed by atoms with van der Waals surface area (Å²) in [5.74, 6) is 2.00. The maximum atomic E-state index is 12.9. The molecule has 0 aliphatic carbocycles. The molecular weight excluding hydrogens is 348 g/mol. The van der Waals surface area contributed by atoms with Crippen molar-refractivity contribution in [2.75, 3.05) is 12.1 Å². The third-order valence-electron chi connectivity index (χ3n) is 4.18. The van der Waals surface area contributed by atoms with Gasteiger partial charge < -0.3 is 14.8 Å². The number of hydrogen-bond acceptors (Lipinski definition) is 7. The molecule has 9 nitrogen and oxygen atoms in total.